The van der Waals surface area contributed by atoms with Crippen LogP contribution in [0.1, 0.15) is 10.4 Å². The highest BCUT2D eigenvalue weighted by atomic mass is 32.2. The molecule has 0 saturated heterocycles. The largest absolute Gasteiger partial charge is 0.301 e. The molecule has 2 N–H and O–H groups in total. The zero-order chi connectivity index (χ0) is 15.7. The second-order valence-corrected chi connectivity index (χ2v) is 7.57. The summed E-state index contributed by atoms with van der Waals surface area (Å²) in [7, 11) is 0. The summed E-state index contributed by atoms with van der Waals surface area (Å²) in [6, 6.07) is 0. The van der Waals surface area contributed by atoms with Gasteiger partial charge in [-0.25, -0.2) is 9.97 Å². The van der Waals surface area contributed by atoms with E-state index >= 15 is 0 Å². The summed E-state index contributed by atoms with van der Waals surface area (Å²) in [5.41, 5.74) is 0.807. The minimum atomic E-state index is -0.179. The Labute approximate surface area is 138 Å². The lowest BCUT2D eigenvalue weighted by Crippen LogP contribution is -2.15. The van der Waals surface area contributed by atoms with E-state index in [1.807, 2.05) is 13.8 Å². The van der Waals surface area contributed by atoms with Gasteiger partial charge in [0, 0.05) is 16.5 Å². The molecular formula is C13H12N4O2S3. The second-order valence-electron chi connectivity index (χ2n) is 4.51. The van der Waals surface area contributed by atoms with Gasteiger partial charge in [-0.2, -0.15) is 0 Å². The van der Waals surface area contributed by atoms with Crippen molar-refractivity contribution in [3.05, 3.63) is 32.4 Å². The summed E-state index contributed by atoms with van der Waals surface area (Å²) in [6.45, 7) is 3.88. The number of aromatic amines is 1. The van der Waals surface area contributed by atoms with E-state index in [2.05, 4.69) is 20.3 Å². The predicted molar refractivity (Wildman–Crippen MR) is 91.2 cm³/mol. The first kappa shape index (κ1) is 15.2. The molecule has 0 spiro atoms. The molecule has 114 valence electrons. The molecule has 0 aliphatic heterocycles. The molecule has 3 rings (SSSR count). The number of hydrogen-bond donors (Lipinski definition) is 2. The maximum absolute atomic E-state index is 12.1. The molecule has 0 saturated carbocycles. The number of rotatable bonds is 4. The van der Waals surface area contributed by atoms with Crippen molar-refractivity contribution in [3.63, 3.8) is 0 Å². The average Bonchev–Trinajstić information content (AvgIpc) is 3.06. The van der Waals surface area contributed by atoms with Crippen molar-refractivity contribution >= 4 is 55.7 Å². The van der Waals surface area contributed by atoms with Gasteiger partial charge in [0.25, 0.3) is 5.56 Å². The molecule has 0 aromatic carbocycles. The van der Waals surface area contributed by atoms with Crippen LogP contribution in [0.5, 0.6) is 0 Å². The number of hydrogen-bond acceptors (Lipinski definition) is 7. The lowest BCUT2D eigenvalue weighted by molar-refractivity contribution is -0.113. The van der Waals surface area contributed by atoms with E-state index < -0.39 is 0 Å². The van der Waals surface area contributed by atoms with E-state index in [4.69, 9.17) is 0 Å². The van der Waals surface area contributed by atoms with Crippen LogP contribution in [0.3, 0.4) is 0 Å². The molecule has 9 heteroatoms. The molecule has 0 atom stereocenters. The SMILES string of the molecule is Cc1sc2nc(SCC(=O)Nc3nccs3)[nH]c(=O)c2c1C. The van der Waals surface area contributed by atoms with E-state index in [1.54, 1.807) is 11.6 Å². The normalized spacial score (nSPS) is 11.0. The first-order chi connectivity index (χ1) is 10.5. The van der Waals surface area contributed by atoms with Crippen molar-refractivity contribution in [2.75, 3.05) is 11.1 Å². The van der Waals surface area contributed by atoms with Crippen molar-refractivity contribution in [2.45, 2.75) is 19.0 Å². The highest BCUT2D eigenvalue weighted by Crippen LogP contribution is 2.27. The van der Waals surface area contributed by atoms with Crippen LogP contribution in [0.15, 0.2) is 21.5 Å². The number of nitrogens with zero attached hydrogens (tertiary/aromatic N) is 2. The molecule has 22 heavy (non-hydrogen) atoms. The first-order valence-corrected chi connectivity index (χ1v) is 9.05. The van der Waals surface area contributed by atoms with Crippen LogP contribution in [0.2, 0.25) is 0 Å². The van der Waals surface area contributed by atoms with Crippen LogP contribution in [-0.4, -0.2) is 26.6 Å². The highest BCUT2D eigenvalue weighted by Gasteiger charge is 2.13. The maximum atomic E-state index is 12.1. The summed E-state index contributed by atoms with van der Waals surface area (Å²) < 4.78 is 0. The molecule has 0 radical (unpaired) electrons. The predicted octanol–water partition coefficient (Wildman–Crippen LogP) is 2.79. The molecule has 0 fully saturated rings. The molecule has 0 aliphatic rings. The second kappa shape index (κ2) is 6.19. The summed E-state index contributed by atoms with van der Waals surface area (Å²) >= 11 is 4.05. The van der Waals surface area contributed by atoms with E-state index in [0.717, 1.165) is 10.4 Å². The number of amides is 1. The minimum absolute atomic E-state index is 0.158. The van der Waals surface area contributed by atoms with Crippen LogP contribution in [0.25, 0.3) is 10.2 Å². The Morgan fingerprint density at radius 2 is 2.27 bits per heavy atom. The molecule has 3 heterocycles. The number of aromatic nitrogens is 3. The van der Waals surface area contributed by atoms with Gasteiger partial charge < -0.3 is 10.3 Å². The van der Waals surface area contributed by atoms with Crippen LogP contribution in [0, 0.1) is 13.8 Å². The number of thiazole rings is 1. The van der Waals surface area contributed by atoms with Gasteiger partial charge in [-0.3, -0.25) is 9.59 Å². The fraction of sp³-hybridized carbons (Fsp3) is 0.231. The summed E-state index contributed by atoms with van der Waals surface area (Å²) in [5, 5.41) is 6.13. The number of aryl methyl sites for hydroxylation is 2. The lowest BCUT2D eigenvalue weighted by atomic mass is 10.2. The Hall–Kier alpha value is -1.71. The Bertz CT molecular complexity index is 883. The first-order valence-electron chi connectivity index (χ1n) is 6.37. The lowest BCUT2D eigenvalue weighted by Gasteiger charge is -2.02. The van der Waals surface area contributed by atoms with Crippen LogP contribution in [0.4, 0.5) is 5.13 Å². The zero-order valence-corrected chi connectivity index (χ0v) is 14.2. The monoisotopic (exact) mass is 352 g/mol. The number of carbonyl (C=O) groups excluding carboxylic acids is 1. The zero-order valence-electron chi connectivity index (χ0n) is 11.8. The van der Waals surface area contributed by atoms with Gasteiger partial charge in [0.15, 0.2) is 10.3 Å². The Morgan fingerprint density at radius 1 is 1.45 bits per heavy atom. The fourth-order valence-corrected chi connectivity index (χ4v) is 4.17. The number of carbonyl (C=O) groups is 1. The van der Waals surface area contributed by atoms with E-state index in [0.29, 0.717) is 20.5 Å². The van der Waals surface area contributed by atoms with Crippen molar-refractivity contribution < 1.29 is 4.79 Å². The van der Waals surface area contributed by atoms with Crippen LogP contribution < -0.4 is 10.9 Å². The number of fused-ring (bicyclic) bond motifs is 1. The van der Waals surface area contributed by atoms with Crippen LogP contribution >= 0.6 is 34.4 Å². The summed E-state index contributed by atoms with van der Waals surface area (Å²) in [5.74, 6) is -0.0154. The molecule has 0 bridgehead atoms. The van der Waals surface area contributed by atoms with Gasteiger partial charge in [-0.1, -0.05) is 11.8 Å². The Morgan fingerprint density at radius 3 is 3.00 bits per heavy atom. The van der Waals surface area contributed by atoms with E-state index in [1.165, 1.54) is 34.4 Å². The molecule has 3 aromatic heterocycles. The fourth-order valence-electron chi connectivity index (χ4n) is 1.88. The van der Waals surface area contributed by atoms with Crippen molar-refractivity contribution in [3.8, 4) is 0 Å². The van der Waals surface area contributed by atoms with Crippen molar-refractivity contribution in [2.24, 2.45) is 0 Å². The smallest absolute Gasteiger partial charge is 0.260 e. The number of thiophene rings is 1. The van der Waals surface area contributed by atoms with Gasteiger partial charge in [-0.15, -0.1) is 22.7 Å². The average molecular weight is 352 g/mol. The summed E-state index contributed by atoms with van der Waals surface area (Å²) in [4.78, 5) is 36.9. The number of nitrogens with one attached hydrogen (secondary N) is 2. The molecule has 6 nitrogen and oxygen atoms in total. The number of anilines is 1. The molecular weight excluding hydrogens is 340 g/mol. The van der Waals surface area contributed by atoms with Crippen molar-refractivity contribution in [1.29, 1.82) is 0 Å². The van der Waals surface area contributed by atoms with E-state index in [-0.39, 0.29) is 17.2 Å². The Kier molecular flexibility index (Phi) is 4.27. The van der Waals surface area contributed by atoms with Gasteiger partial charge in [-0.05, 0) is 19.4 Å². The minimum Gasteiger partial charge on any atom is -0.301 e. The maximum Gasteiger partial charge on any atom is 0.260 e. The van der Waals surface area contributed by atoms with Crippen molar-refractivity contribution in [1.82, 2.24) is 15.0 Å². The van der Waals surface area contributed by atoms with Crippen LogP contribution in [-0.2, 0) is 4.79 Å². The van der Waals surface area contributed by atoms with Gasteiger partial charge in [0.2, 0.25) is 5.91 Å². The molecule has 3 aromatic rings. The number of H-pyrrole nitrogens is 1. The Balaban J connectivity index is 1.74. The van der Waals surface area contributed by atoms with Gasteiger partial charge in [0.05, 0.1) is 11.1 Å². The molecule has 0 unspecified atom stereocenters. The third-order valence-electron chi connectivity index (χ3n) is 3.04. The van der Waals surface area contributed by atoms with E-state index in [9.17, 15) is 9.59 Å². The highest BCUT2D eigenvalue weighted by molar-refractivity contribution is 7.99. The van der Waals surface area contributed by atoms with Gasteiger partial charge >= 0.3 is 0 Å². The molecule has 0 aliphatic carbocycles. The topological polar surface area (TPSA) is 87.7 Å². The third kappa shape index (κ3) is 3.06. The number of thioether (sulfide) groups is 1. The standard InChI is InChI=1S/C13H12N4O2S3/c1-6-7(2)22-11-9(6)10(19)16-13(17-11)21-5-8(18)15-12-14-3-4-20-12/h3-4H,5H2,1-2H3,(H,14,15,18)(H,16,17,19). The quantitative estimate of drug-likeness (QED) is 0.557. The third-order valence-corrected chi connectivity index (χ3v) is 5.70. The molecule has 1 amide bonds. The summed E-state index contributed by atoms with van der Waals surface area (Å²) in [6.07, 6.45) is 1.63. The van der Waals surface area contributed by atoms with Gasteiger partial charge in [0.1, 0.15) is 4.83 Å².